The van der Waals surface area contributed by atoms with Crippen LogP contribution in [0.4, 0.5) is 21.0 Å². The number of amides is 2. The molecule has 0 heterocycles. The first-order valence-electron chi connectivity index (χ1n) is 14.6. The van der Waals surface area contributed by atoms with Gasteiger partial charge in [0.05, 0.1) is 0 Å². The Labute approximate surface area is 251 Å². The molecule has 0 radical (unpaired) electrons. The van der Waals surface area contributed by atoms with E-state index in [1.165, 1.54) is 0 Å². The minimum absolute atomic E-state index is 0.474. The van der Waals surface area contributed by atoms with Crippen LogP contribution in [0.15, 0.2) is 73.8 Å². The average molecular weight is 591 g/mol. The van der Waals surface area contributed by atoms with Gasteiger partial charge in [-0.3, -0.25) is 10.6 Å². The Morgan fingerprint density at radius 3 is 1.23 bits per heavy atom. The van der Waals surface area contributed by atoms with Gasteiger partial charge in [-0.05, 0) is 93.2 Å². The fourth-order valence-electron chi connectivity index (χ4n) is 5.28. The highest BCUT2D eigenvalue weighted by atomic mass is 16.6. The number of ether oxygens (including phenoxy) is 4. The molecule has 4 unspecified atom stereocenters. The molecule has 10 nitrogen and oxygen atoms in total. The molecule has 0 spiro atoms. The van der Waals surface area contributed by atoms with E-state index in [-0.39, 0.29) is 0 Å². The summed E-state index contributed by atoms with van der Waals surface area (Å²) >= 11 is 0. The molecule has 10 heteroatoms. The fraction of sp³-hybridized carbons (Fsp3) is 0.394. The summed E-state index contributed by atoms with van der Waals surface area (Å²) in [6.45, 7) is 6.83. The van der Waals surface area contributed by atoms with E-state index in [9.17, 15) is 19.2 Å². The summed E-state index contributed by atoms with van der Waals surface area (Å²) in [5.74, 6) is -1.05. The van der Waals surface area contributed by atoms with Crippen LogP contribution in [0, 0.1) is 0 Å². The number of hydrogen-bond donors (Lipinski definition) is 2. The van der Waals surface area contributed by atoms with Crippen LogP contribution in [0.5, 0.6) is 0 Å². The van der Waals surface area contributed by atoms with Crippen molar-refractivity contribution in [3.05, 3.63) is 85.0 Å². The molecule has 43 heavy (non-hydrogen) atoms. The Hall–Kier alpha value is -4.60. The molecule has 2 aliphatic carbocycles. The van der Waals surface area contributed by atoms with E-state index in [0.717, 1.165) is 49.0 Å². The lowest BCUT2D eigenvalue weighted by atomic mass is 9.94. The Bertz CT molecular complexity index is 1190. The van der Waals surface area contributed by atoms with E-state index in [1.807, 2.05) is 24.3 Å². The van der Waals surface area contributed by atoms with Crippen molar-refractivity contribution in [2.75, 3.05) is 10.6 Å². The van der Waals surface area contributed by atoms with Crippen molar-refractivity contribution in [3.63, 3.8) is 0 Å². The van der Waals surface area contributed by atoms with Gasteiger partial charge in [0.25, 0.3) is 0 Å². The first kappa shape index (κ1) is 31.3. The minimum atomic E-state index is -0.599. The quantitative estimate of drug-likeness (QED) is 0.183. The fourth-order valence-corrected chi connectivity index (χ4v) is 5.28. The molecule has 2 aromatic carbocycles. The van der Waals surface area contributed by atoms with Crippen molar-refractivity contribution in [3.8, 4) is 0 Å². The van der Waals surface area contributed by atoms with Crippen LogP contribution in [0.2, 0.25) is 0 Å². The zero-order valence-corrected chi connectivity index (χ0v) is 24.1. The van der Waals surface area contributed by atoms with Crippen molar-refractivity contribution in [1.29, 1.82) is 0 Å². The van der Waals surface area contributed by atoms with Crippen LogP contribution >= 0.6 is 0 Å². The first-order chi connectivity index (χ1) is 20.8. The zero-order valence-electron chi connectivity index (χ0n) is 24.1. The topological polar surface area (TPSA) is 129 Å². The molecule has 0 aliphatic heterocycles. The molecule has 2 fully saturated rings. The molecule has 2 amide bonds. The van der Waals surface area contributed by atoms with Crippen LogP contribution < -0.4 is 10.6 Å². The minimum Gasteiger partial charge on any atom is -0.455 e. The smallest absolute Gasteiger partial charge is 0.412 e. The van der Waals surface area contributed by atoms with Gasteiger partial charge in [0, 0.05) is 23.5 Å². The summed E-state index contributed by atoms with van der Waals surface area (Å²) in [5, 5.41) is 5.47. The monoisotopic (exact) mass is 590 g/mol. The Balaban J connectivity index is 1.23. The van der Waals surface area contributed by atoms with E-state index in [0.29, 0.717) is 43.5 Å². The van der Waals surface area contributed by atoms with Crippen LogP contribution in [0.3, 0.4) is 0 Å². The second kappa shape index (κ2) is 15.6. The van der Waals surface area contributed by atoms with E-state index >= 15 is 0 Å². The number of esters is 2. The molecule has 4 rings (SSSR count). The largest absolute Gasteiger partial charge is 0.455 e. The summed E-state index contributed by atoms with van der Waals surface area (Å²) in [4.78, 5) is 48.2. The van der Waals surface area contributed by atoms with E-state index in [2.05, 4.69) is 23.8 Å². The van der Waals surface area contributed by atoms with Crippen molar-refractivity contribution >= 4 is 35.5 Å². The average Bonchev–Trinajstić information content (AvgIpc) is 3.01. The van der Waals surface area contributed by atoms with Gasteiger partial charge < -0.3 is 18.9 Å². The predicted molar refractivity (Wildman–Crippen MR) is 161 cm³/mol. The number of carbonyl (C=O) groups is 4. The van der Waals surface area contributed by atoms with Gasteiger partial charge in [0.2, 0.25) is 0 Å². The van der Waals surface area contributed by atoms with Crippen molar-refractivity contribution in [2.24, 2.45) is 0 Å². The number of hydrogen-bond acceptors (Lipinski definition) is 8. The van der Waals surface area contributed by atoms with Crippen LogP contribution in [-0.4, -0.2) is 48.5 Å². The zero-order chi connectivity index (χ0) is 30.6. The first-order valence-corrected chi connectivity index (χ1v) is 14.6. The number of carbonyl (C=O) groups excluding carboxylic acids is 4. The third-order valence-corrected chi connectivity index (χ3v) is 7.48. The number of anilines is 2. The van der Waals surface area contributed by atoms with E-state index in [1.54, 1.807) is 24.3 Å². The SMILES string of the molecule is C=CC(=O)OC1CCCCC1OC(=O)Nc1ccc(Cc2ccc(NC(=O)OC3CCCCC3OC(=O)C=C)cc2)cc1. The van der Waals surface area contributed by atoms with Gasteiger partial charge in [-0.25, -0.2) is 19.2 Å². The molecule has 0 saturated heterocycles. The third-order valence-electron chi connectivity index (χ3n) is 7.48. The lowest BCUT2D eigenvalue weighted by molar-refractivity contribution is -0.152. The molecular weight excluding hydrogens is 552 g/mol. The normalized spacial score (nSPS) is 21.4. The molecule has 2 aliphatic rings. The van der Waals surface area contributed by atoms with Crippen LogP contribution in [0.1, 0.15) is 62.5 Å². The van der Waals surface area contributed by atoms with Crippen LogP contribution in [-0.2, 0) is 35.0 Å². The number of rotatable bonds is 10. The Morgan fingerprint density at radius 1 is 0.581 bits per heavy atom. The molecule has 0 aromatic heterocycles. The maximum Gasteiger partial charge on any atom is 0.412 e. The maximum absolute atomic E-state index is 12.5. The Morgan fingerprint density at radius 2 is 0.907 bits per heavy atom. The van der Waals surface area contributed by atoms with E-state index in [4.69, 9.17) is 18.9 Å². The number of nitrogens with one attached hydrogen (secondary N) is 2. The third kappa shape index (κ3) is 9.73. The summed E-state index contributed by atoms with van der Waals surface area (Å²) < 4.78 is 21.8. The molecule has 2 N–H and O–H groups in total. The van der Waals surface area contributed by atoms with Gasteiger partial charge in [0.15, 0.2) is 0 Å². The Kier molecular flexibility index (Phi) is 11.4. The summed E-state index contributed by atoms with van der Waals surface area (Å²) in [5.41, 5.74) is 3.23. The van der Waals surface area contributed by atoms with Gasteiger partial charge in [-0.2, -0.15) is 0 Å². The van der Waals surface area contributed by atoms with Gasteiger partial charge in [-0.15, -0.1) is 0 Å². The predicted octanol–water partition coefficient (Wildman–Crippen LogP) is 6.46. The van der Waals surface area contributed by atoms with Gasteiger partial charge in [-0.1, -0.05) is 37.4 Å². The standard InChI is InChI=1S/C33H38N2O8/c1-3-30(36)40-26-9-5-7-11-28(26)42-32(38)34-24-17-13-22(14-18-24)21-23-15-19-25(20-16-23)35-33(39)43-29-12-8-6-10-27(29)41-31(37)4-2/h3-4,13-20,26-29H,1-2,5-12,21H2,(H,34,38)(H,35,39). The summed E-state index contributed by atoms with van der Waals surface area (Å²) in [6.07, 6.45) is 5.86. The van der Waals surface area contributed by atoms with Crippen molar-refractivity contribution in [1.82, 2.24) is 0 Å². The summed E-state index contributed by atoms with van der Waals surface area (Å²) in [6, 6.07) is 14.8. The van der Waals surface area contributed by atoms with E-state index < -0.39 is 48.5 Å². The molecule has 228 valence electrons. The highest BCUT2D eigenvalue weighted by Crippen LogP contribution is 2.26. The molecular formula is C33H38N2O8. The number of benzene rings is 2. The lowest BCUT2D eigenvalue weighted by Crippen LogP contribution is -2.38. The van der Waals surface area contributed by atoms with Crippen LogP contribution in [0.25, 0.3) is 0 Å². The molecule has 2 saturated carbocycles. The second-order valence-corrected chi connectivity index (χ2v) is 10.6. The highest BCUT2D eigenvalue weighted by Gasteiger charge is 2.32. The highest BCUT2D eigenvalue weighted by molar-refractivity contribution is 5.85. The van der Waals surface area contributed by atoms with Crippen molar-refractivity contribution < 1.29 is 38.1 Å². The maximum atomic E-state index is 12.5. The molecule has 4 atom stereocenters. The van der Waals surface area contributed by atoms with Gasteiger partial charge in [0.1, 0.15) is 24.4 Å². The molecule has 2 aromatic rings. The second-order valence-electron chi connectivity index (χ2n) is 10.6. The molecule has 0 bridgehead atoms. The van der Waals surface area contributed by atoms with Gasteiger partial charge >= 0.3 is 24.1 Å². The lowest BCUT2D eigenvalue weighted by Gasteiger charge is -2.30. The summed E-state index contributed by atoms with van der Waals surface area (Å²) in [7, 11) is 0. The van der Waals surface area contributed by atoms with Crippen molar-refractivity contribution in [2.45, 2.75) is 82.2 Å².